The molecule has 0 unspecified atom stereocenters. The van der Waals surface area contributed by atoms with Crippen LogP contribution in [0.4, 0.5) is 0 Å². The summed E-state index contributed by atoms with van der Waals surface area (Å²) in [5.74, 6) is 0. The molecule has 0 atom stereocenters. The summed E-state index contributed by atoms with van der Waals surface area (Å²) in [5, 5.41) is 4.14. The van der Waals surface area contributed by atoms with Crippen LogP contribution in [0, 0.1) is 0 Å². The highest BCUT2D eigenvalue weighted by atomic mass is 15.3. The van der Waals surface area contributed by atoms with E-state index < -0.39 is 0 Å². The van der Waals surface area contributed by atoms with Crippen LogP contribution in [0.2, 0.25) is 0 Å². The molecule has 1 aromatic rings. The van der Waals surface area contributed by atoms with Gasteiger partial charge in [-0.25, -0.2) is 0 Å². The molecule has 0 aliphatic rings. The molecule has 0 aliphatic heterocycles. The maximum atomic E-state index is 5.34. The summed E-state index contributed by atoms with van der Waals surface area (Å²) in [5.41, 5.74) is 0.955. The average Bonchev–Trinajstić information content (AvgIpc) is 2.34. The van der Waals surface area contributed by atoms with Crippen molar-refractivity contribution in [2.45, 2.75) is 19.8 Å². The van der Waals surface area contributed by atoms with E-state index in [0.717, 1.165) is 12.2 Å². The predicted octanol–water partition coefficient (Wildman–Crippen LogP) is 0.571. The largest absolute Gasteiger partial charge is 0.273 e. The smallest absolute Gasteiger partial charge is 0.0738 e. The molecule has 0 aromatic carbocycles. The van der Waals surface area contributed by atoms with E-state index in [0.29, 0.717) is 6.32 Å². The zero-order chi connectivity index (χ0) is 6.69. The Balaban J connectivity index is 2.74. The molecule has 1 rings (SSSR count). The predicted molar refractivity (Wildman–Crippen MR) is 37.4 cm³/mol. The van der Waals surface area contributed by atoms with Crippen molar-refractivity contribution in [1.29, 1.82) is 0 Å². The highest BCUT2D eigenvalue weighted by Gasteiger charge is 1.90. The van der Waals surface area contributed by atoms with Crippen molar-refractivity contribution >= 4 is 7.85 Å². The fourth-order valence-electron chi connectivity index (χ4n) is 0.689. The Hall–Kier alpha value is -0.725. The summed E-state index contributed by atoms with van der Waals surface area (Å²) in [6, 6.07) is 1.93. The summed E-state index contributed by atoms with van der Waals surface area (Å²) < 4.78 is 1.86. The minimum Gasteiger partial charge on any atom is -0.273 e. The van der Waals surface area contributed by atoms with Crippen molar-refractivity contribution < 1.29 is 0 Å². The molecule has 2 radical (unpaired) electrons. The Labute approximate surface area is 56.3 Å². The monoisotopic (exact) mass is 120 g/mol. The van der Waals surface area contributed by atoms with Crippen molar-refractivity contribution in [3.05, 3.63) is 18.0 Å². The van der Waals surface area contributed by atoms with Crippen LogP contribution in [0.15, 0.2) is 12.3 Å². The molecule has 0 N–H and O–H groups in total. The van der Waals surface area contributed by atoms with Crippen LogP contribution in [-0.2, 0) is 12.9 Å². The molecule has 0 spiro atoms. The highest BCUT2D eigenvalue weighted by Crippen LogP contribution is 1.93. The fraction of sp³-hybridized carbons (Fsp3) is 0.500. The van der Waals surface area contributed by atoms with Crippen LogP contribution >= 0.6 is 0 Å². The summed E-state index contributed by atoms with van der Waals surface area (Å²) in [6.07, 6.45) is 2.47. The summed E-state index contributed by atoms with van der Waals surface area (Å²) >= 11 is 0. The summed E-state index contributed by atoms with van der Waals surface area (Å²) in [4.78, 5) is 0. The van der Waals surface area contributed by atoms with Gasteiger partial charge in [0.1, 0.15) is 0 Å². The van der Waals surface area contributed by atoms with Gasteiger partial charge in [-0.15, -0.1) is 0 Å². The minimum atomic E-state index is 0.535. The van der Waals surface area contributed by atoms with E-state index in [2.05, 4.69) is 5.10 Å². The SMILES string of the molecule is [B]Cc1ccn(CC)n1. The molecule has 0 amide bonds. The first-order valence-electron chi connectivity index (χ1n) is 3.09. The molecule has 9 heavy (non-hydrogen) atoms. The van der Waals surface area contributed by atoms with Gasteiger partial charge in [-0.05, 0) is 19.3 Å². The van der Waals surface area contributed by atoms with Gasteiger partial charge in [0, 0.05) is 12.7 Å². The Morgan fingerprint density at radius 3 is 2.89 bits per heavy atom. The lowest BCUT2D eigenvalue weighted by atomic mass is 10.0. The summed E-state index contributed by atoms with van der Waals surface area (Å²) in [7, 11) is 5.34. The van der Waals surface area contributed by atoms with Crippen LogP contribution in [0.3, 0.4) is 0 Å². The molecule has 2 nitrogen and oxygen atoms in total. The number of aryl methyl sites for hydroxylation is 1. The number of aromatic nitrogens is 2. The lowest BCUT2D eigenvalue weighted by molar-refractivity contribution is 0.652. The molecule has 0 bridgehead atoms. The van der Waals surface area contributed by atoms with Gasteiger partial charge in [-0.1, -0.05) is 0 Å². The molecule has 0 saturated heterocycles. The molecule has 3 heteroatoms. The second kappa shape index (κ2) is 2.71. The molecular formula is C6H9BN2. The van der Waals surface area contributed by atoms with Crippen LogP contribution in [0.5, 0.6) is 0 Å². The Morgan fingerprint density at radius 1 is 1.78 bits per heavy atom. The lowest BCUT2D eigenvalue weighted by Gasteiger charge is -1.90. The Kier molecular flexibility index (Phi) is 1.93. The van der Waals surface area contributed by atoms with E-state index >= 15 is 0 Å². The molecule has 0 aliphatic carbocycles. The Morgan fingerprint density at radius 2 is 2.56 bits per heavy atom. The third kappa shape index (κ3) is 1.34. The average molecular weight is 120 g/mol. The minimum absolute atomic E-state index is 0.535. The lowest BCUT2D eigenvalue weighted by Crippen LogP contribution is -1.95. The van der Waals surface area contributed by atoms with Crippen molar-refractivity contribution in [3.63, 3.8) is 0 Å². The van der Waals surface area contributed by atoms with E-state index in [9.17, 15) is 0 Å². The van der Waals surface area contributed by atoms with Crippen LogP contribution in [0.1, 0.15) is 12.6 Å². The second-order valence-corrected chi connectivity index (χ2v) is 1.87. The molecular weight excluding hydrogens is 111 g/mol. The molecule has 0 saturated carbocycles. The highest BCUT2D eigenvalue weighted by molar-refractivity contribution is 6.08. The van der Waals surface area contributed by atoms with Crippen LogP contribution in [-0.4, -0.2) is 17.6 Å². The van der Waals surface area contributed by atoms with E-state index in [1.807, 2.05) is 23.9 Å². The Bertz CT molecular complexity index is 164. The third-order valence-corrected chi connectivity index (χ3v) is 1.23. The van der Waals surface area contributed by atoms with Gasteiger partial charge in [-0.2, -0.15) is 5.10 Å². The first-order valence-corrected chi connectivity index (χ1v) is 3.09. The molecule has 1 aromatic heterocycles. The first kappa shape index (κ1) is 6.40. The van der Waals surface area contributed by atoms with Gasteiger partial charge in [0.05, 0.1) is 13.5 Å². The quantitative estimate of drug-likeness (QED) is 0.521. The van der Waals surface area contributed by atoms with Crippen LogP contribution in [0.25, 0.3) is 0 Å². The number of hydrogen-bond acceptors (Lipinski definition) is 1. The maximum Gasteiger partial charge on any atom is 0.0738 e. The zero-order valence-electron chi connectivity index (χ0n) is 5.54. The zero-order valence-corrected chi connectivity index (χ0v) is 5.54. The van der Waals surface area contributed by atoms with Gasteiger partial charge >= 0.3 is 0 Å². The van der Waals surface area contributed by atoms with E-state index in [1.54, 1.807) is 0 Å². The first-order chi connectivity index (χ1) is 4.36. The second-order valence-electron chi connectivity index (χ2n) is 1.87. The number of nitrogens with zero attached hydrogens (tertiary/aromatic N) is 2. The van der Waals surface area contributed by atoms with Gasteiger partial charge in [0.2, 0.25) is 0 Å². The fourth-order valence-corrected chi connectivity index (χ4v) is 0.689. The van der Waals surface area contributed by atoms with E-state index in [4.69, 9.17) is 7.85 Å². The number of hydrogen-bond donors (Lipinski definition) is 0. The molecule has 46 valence electrons. The van der Waals surface area contributed by atoms with Gasteiger partial charge in [-0.3, -0.25) is 4.68 Å². The van der Waals surface area contributed by atoms with E-state index in [-0.39, 0.29) is 0 Å². The van der Waals surface area contributed by atoms with E-state index in [1.165, 1.54) is 0 Å². The van der Waals surface area contributed by atoms with Crippen molar-refractivity contribution in [3.8, 4) is 0 Å². The molecule has 1 heterocycles. The third-order valence-electron chi connectivity index (χ3n) is 1.23. The van der Waals surface area contributed by atoms with Crippen molar-refractivity contribution in [1.82, 2.24) is 9.78 Å². The summed E-state index contributed by atoms with van der Waals surface area (Å²) in [6.45, 7) is 2.97. The van der Waals surface area contributed by atoms with Crippen molar-refractivity contribution in [2.24, 2.45) is 0 Å². The van der Waals surface area contributed by atoms with Gasteiger partial charge < -0.3 is 0 Å². The number of rotatable bonds is 2. The topological polar surface area (TPSA) is 17.8 Å². The maximum absolute atomic E-state index is 5.34. The van der Waals surface area contributed by atoms with Crippen molar-refractivity contribution in [2.75, 3.05) is 0 Å². The van der Waals surface area contributed by atoms with Gasteiger partial charge in [0.25, 0.3) is 0 Å². The normalized spacial score (nSPS) is 9.89. The molecule has 0 fully saturated rings. The van der Waals surface area contributed by atoms with Gasteiger partial charge in [0.15, 0.2) is 0 Å². The standard InChI is InChI=1S/C6H9BN2/c1-2-9-4-3-6(5-7)8-9/h3-4H,2,5H2,1H3. The van der Waals surface area contributed by atoms with Crippen LogP contribution < -0.4 is 0 Å².